The molecule has 2 aliphatic rings. The minimum Gasteiger partial charge on any atom is -0.478 e. The van der Waals surface area contributed by atoms with Crippen LogP contribution in [0.1, 0.15) is 81.5 Å². The summed E-state index contributed by atoms with van der Waals surface area (Å²) in [5, 5.41) is 11.8. The third-order valence-electron chi connectivity index (χ3n) is 5.16. The van der Waals surface area contributed by atoms with E-state index in [2.05, 4.69) is 37.2 Å². The van der Waals surface area contributed by atoms with Crippen LogP contribution in [0.5, 0.6) is 0 Å². The number of halogens is 2. The molecule has 0 spiro atoms. The van der Waals surface area contributed by atoms with Crippen molar-refractivity contribution in [3.63, 3.8) is 0 Å². The standard InChI is InChI=1S/C12H14BrNO.C8H7BrO2.C4H9N.C2H6.CH4/c1-9-8-10(4-5-11(9)13)12(15)14-6-2-3-7-14;1-5-4-6(8(10)11)2-3-7(5)9;1-2-4-5-3-1;1-2;/h4-5,8H,2-3,6-7H2,1H3;2-4H,1H3,(H,10,11);5H,1-4H2;1-2H3;1H4/i;;;1D;1T. The van der Waals surface area contributed by atoms with Crippen LogP contribution in [0, 0.1) is 13.8 Å². The molecule has 2 fully saturated rings. The van der Waals surface area contributed by atoms with Gasteiger partial charge in [0.2, 0.25) is 0 Å². The summed E-state index contributed by atoms with van der Waals surface area (Å²) in [6.07, 6.45) is 5.06. The van der Waals surface area contributed by atoms with E-state index in [1.807, 2.05) is 36.9 Å². The van der Waals surface area contributed by atoms with E-state index in [9.17, 15) is 9.59 Å². The Labute approximate surface area is 225 Å². The summed E-state index contributed by atoms with van der Waals surface area (Å²) < 4.78 is 13.9. The Morgan fingerprint density at radius 1 is 0.971 bits per heavy atom. The van der Waals surface area contributed by atoms with Gasteiger partial charge in [-0.25, -0.2) is 4.79 Å². The second-order valence-corrected chi connectivity index (χ2v) is 9.40. The van der Waals surface area contributed by atoms with Crippen LogP contribution in [0.25, 0.3) is 0 Å². The fraction of sp³-hybridized carbons (Fsp3) is 0.481. The molecule has 0 saturated carbocycles. The molecular formula is C27H40Br2N2O3. The van der Waals surface area contributed by atoms with Crippen LogP contribution >= 0.6 is 31.9 Å². The highest BCUT2D eigenvalue weighted by molar-refractivity contribution is 9.10. The van der Waals surface area contributed by atoms with Crippen LogP contribution in [-0.4, -0.2) is 48.1 Å². The zero-order chi connectivity index (χ0) is 27.5. The van der Waals surface area contributed by atoms with Gasteiger partial charge in [-0.3, -0.25) is 4.79 Å². The quantitative estimate of drug-likeness (QED) is 0.374. The van der Waals surface area contributed by atoms with Gasteiger partial charge in [0.1, 0.15) is 0 Å². The van der Waals surface area contributed by atoms with Crippen LogP contribution in [0.4, 0.5) is 0 Å². The first-order valence-electron chi connectivity index (χ1n) is 13.0. The van der Waals surface area contributed by atoms with Crippen molar-refractivity contribution in [1.29, 1.82) is 0 Å². The number of carbonyl (C=O) groups excluding carboxylic acids is 1. The molecule has 34 heavy (non-hydrogen) atoms. The largest absolute Gasteiger partial charge is 0.478 e. The number of nitrogens with zero attached hydrogens (tertiary/aromatic N) is 1. The Hall–Kier alpha value is -1.70. The molecule has 0 bridgehead atoms. The zero-order valence-electron chi connectivity index (χ0n) is 22.8. The monoisotopic (exact) mass is 601 g/mol. The van der Waals surface area contributed by atoms with Crippen molar-refractivity contribution in [1.82, 2.24) is 10.2 Å². The first-order valence-corrected chi connectivity index (χ1v) is 12.8. The summed E-state index contributed by atoms with van der Waals surface area (Å²) in [5.74, 6) is -0.719. The van der Waals surface area contributed by atoms with E-state index in [1.54, 1.807) is 25.1 Å². The summed E-state index contributed by atoms with van der Waals surface area (Å²) >= 11 is 6.72. The molecule has 0 atom stereocenters. The normalized spacial score (nSPS) is 14.4. The number of carbonyl (C=O) groups is 2. The SMILES string of the molecule is C1CCNC1.Cc1cc(C(=O)N2CCCC2)ccc1Br.Cc1cc(C(=O)O)ccc1Br.[2H]CC.[3H]C. The number of amides is 1. The Balaban J connectivity index is 0.000000509. The summed E-state index contributed by atoms with van der Waals surface area (Å²) in [7, 11) is 1.25. The summed E-state index contributed by atoms with van der Waals surface area (Å²) in [5.41, 5.74) is 3.17. The van der Waals surface area contributed by atoms with Crippen molar-refractivity contribution in [3.8, 4) is 0 Å². The highest BCUT2D eigenvalue weighted by Gasteiger charge is 2.19. The van der Waals surface area contributed by atoms with Crippen molar-refractivity contribution in [2.75, 3.05) is 26.2 Å². The highest BCUT2D eigenvalue weighted by Crippen LogP contribution is 2.20. The molecule has 2 heterocycles. The molecule has 0 aliphatic carbocycles. The molecule has 0 unspecified atom stereocenters. The first kappa shape index (κ1) is 28.5. The van der Waals surface area contributed by atoms with Crippen molar-refractivity contribution < 1.29 is 17.4 Å². The smallest absolute Gasteiger partial charge is 0.335 e. The molecule has 5 nitrogen and oxygen atoms in total. The lowest BCUT2D eigenvalue weighted by Crippen LogP contribution is -2.27. The number of aromatic carboxylic acids is 1. The van der Waals surface area contributed by atoms with E-state index in [-0.39, 0.29) is 5.91 Å². The minimum absolute atomic E-state index is 0.170. The van der Waals surface area contributed by atoms with Gasteiger partial charge in [-0.2, -0.15) is 0 Å². The number of carboxylic acid groups (broad SMARTS) is 1. The van der Waals surface area contributed by atoms with Crippen LogP contribution in [0.2, 0.25) is 0 Å². The molecule has 2 saturated heterocycles. The third-order valence-corrected chi connectivity index (χ3v) is 6.94. The second-order valence-electron chi connectivity index (χ2n) is 7.69. The van der Waals surface area contributed by atoms with Gasteiger partial charge >= 0.3 is 5.97 Å². The summed E-state index contributed by atoms with van der Waals surface area (Å²) in [4.78, 5) is 24.4. The molecule has 4 rings (SSSR count). The van der Waals surface area contributed by atoms with Gasteiger partial charge in [-0.05, 0) is 100 Å². The van der Waals surface area contributed by atoms with Crippen LogP contribution < -0.4 is 5.32 Å². The van der Waals surface area contributed by atoms with Gasteiger partial charge in [0.25, 0.3) is 5.91 Å². The Kier molecular flexibility index (Phi) is 14.9. The maximum Gasteiger partial charge on any atom is 0.335 e. The Bertz CT molecular complexity index is 912. The van der Waals surface area contributed by atoms with E-state index in [0.29, 0.717) is 12.5 Å². The fourth-order valence-electron chi connectivity index (χ4n) is 3.28. The molecule has 2 aliphatic heterocycles. The fourth-order valence-corrected chi connectivity index (χ4v) is 3.78. The lowest BCUT2D eigenvalue weighted by molar-refractivity contribution is 0.0696. The van der Waals surface area contributed by atoms with Gasteiger partial charge in [-0.15, -0.1) is 0 Å². The summed E-state index contributed by atoms with van der Waals surface area (Å²) in [6.45, 7) is 10.5. The molecule has 2 aromatic rings. The number of nitrogens with one attached hydrogen (secondary N) is 1. The predicted molar refractivity (Wildman–Crippen MR) is 150 cm³/mol. The van der Waals surface area contributed by atoms with Crippen molar-refractivity contribution in [2.45, 2.75) is 60.8 Å². The molecule has 2 aromatic carbocycles. The van der Waals surface area contributed by atoms with Gasteiger partial charge in [-0.1, -0.05) is 53.1 Å². The molecule has 190 valence electrons. The molecule has 1 amide bonds. The molecule has 2 N–H and O–H groups in total. The average molecular weight is 603 g/mol. The van der Waals surface area contributed by atoms with Gasteiger partial charge in [0.15, 0.2) is 0 Å². The molecule has 0 radical (unpaired) electrons. The van der Waals surface area contributed by atoms with Gasteiger partial charge < -0.3 is 15.3 Å². The maximum absolute atomic E-state index is 12.0. The van der Waals surface area contributed by atoms with Crippen molar-refractivity contribution in [2.24, 2.45) is 0 Å². The molecular weight excluding hydrogens is 560 g/mol. The lowest BCUT2D eigenvalue weighted by Gasteiger charge is -2.15. The van der Waals surface area contributed by atoms with Gasteiger partial charge in [0, 0.05) is 30.3 Å². The second kappa shape index (κ2) is 17.7. The number of hydrogen-bond donors (Lipinski definition) is 2. The maximum atomic E-state index is 12.0. The average Bonchev–Trinajstić information content (AvgIpc) is 3.62. The van der Waals surface area contributed by atoms with E-state index < -0.39 is 5.97 Å². The minimum atomic E-state index is -0.888. The van der Waals surface area contributed by atoms with Crippen LogP contribution in [0.15, 0.2) is 45.3 Å². The van der Waals surface area contributed by atoms with E-state index >= 15 is 0 Å². The number of carboxylic acids is 1. The number of hydrogen-bond acceptors (Lipinski definition) is 3. The van der Waals surface area contributed by atoms with E-state index in [0.717, 1.165) is 51.6 Å². The molecule has 7 heteroatoms. The number of benzene rings is 2. The van der Waals surface area contributed by atoms with E-state index in [4.69, 9.17) is 7.85 Å². The number of aryl methyl sites for hydroxylation is 2. The Morgan fingerprint density at radius 2 is 1.41 bits per heavy atom. The van der Waals surface area contributed by atoms with E-state index in [1.165, 1.54) is 33.3 Å². The summed E-state index contributed by atoms with van der Waals surface area (Å²) in [6, 6.07) is 10.7. The number of likely N-dealkylation sites (tertiary alicyclic amines) is 1. The van der Waals surface area contributed by atoms with Crippen LogP contribution in [-0.2, 0) is 0 Å². The highest BCUT2D eigenvalue weighted by atomic mass is 79.9. The van der Waals surface area contributed by atoms with Crippen molar-refractivity contribution in [3.05, 3.63) is 67.6 Å². The first-order chi connectivity index (χ1) is 17.2. The lowest BCUT2D eigenvalue weighted by atomic mass is 10.1. The number of rotatable bonds is 2. The van der Waals surface area contributed by atoms with Gasteiger partial charge in [0.05, 0.1) is 5.56 Å². The Morgan fingerprint density at radius 3 is 1.79 bits per heavy atom. The van der Waals surface area contributed by atoms with Crippen molar-refractivity contribution >= 4 is 43.7 Å². The predicted octanol–water partition coefficient (Wildman–Crippen LogP) is 7.48. The zero-order valence-corrected chi connectivity index (χ0v) is 24.0. The third kappa shape index (κ3) is 11.2. The van der Waals surface area contributed by atoms with Crippen LogP contribution in [0.3, 0.4) is 0 Å². The molecule has 0 aromatic heterocycles. The topological polar surface area (TPSA) is 69.6 Å².